The molecule has 2 aliphatic rings. The first-order valence-corrected chi connectivity index (χ1v) is 10.8. The van der Waals surface area contributed by atoms with Crippen molar-refractivity contribution in [3.05, 3.63) is 29.8 Å². The Bertz CT molecular complexity index is 716. The quantitative estimate of drug-likeness (QED) is 0.755. The highest BCUT2D eigenvalue weighted by Gasteiger charge is 2.41. The summed E-state index contributed by atoms with van der Waals surface area (Å²) in [6.07, 6.45) is 3.48. The molecule has 0 bridgehead atoms. The van der Waals surface area contributed by atoms with Gasteiger partial charge < -0.3 is 19.7 Å². The molecule has 0 amide bonds. The van der Waals surface area contributed by atoms with Crippen molar-refractivity contribution < 1.29 is 28.5 Å². The van der Waals surface area contributed by atoms with E-state index in [9.17, 15) is 19.0 Å². The molecule has 1 heterocycles. The number of benzene rings is 1. The molecule has 7 heteroatoms. The minimum atomic E-state index is -1.31. The summed E-state index contributed by atoms with van der Waals surface area (Å²) in [6, 6.07) is 3.28. The number of hydrogen-bond donors (Lipinski definition) is 2. The number of ether oxygens (including phenoxy) is 2. The van der Waals surface area contributed by atoms with Crippen LogP contribution in [0.5, 0.6) is 5.75 Å². The molecule has 1 aliphatic heterocycles. The fourth-order valence-corrected chi connectivity index (χ4v) is 4.60. The Balaban J connectivity index is 1.58. The highest BCUT2D eigenvalue weighted by molar-refractivity contribution is 5.23. The summed E-state index contributed by atoms with van der Waals surface area (Å²) in [5, 5.41) is 22.2. The average Bonchev–Trinajstić information content (AvgIpc) is 2.83. The van der Waals surface area contributed by atoms with Crippen LogP contribution in [0.2, 0.25) is 0 Å². The fraction of sp³-hybridized carbons (Fsp3) is 0.739. The highest BCUT2D eigenvalue weighted by atomic mass is 19.2. The maximum absolute atomic E-state index is 13.4. The van der Waals surface area contributed by atoms with Crippen molar-refractivity contribution >= 4 is 0 Å². The van der Waals surface area contributed by atoms with Crippen LogP contribution in [-0.4, -0.2) is 65.8 Å². The first-order chi connectivity index (χ1) is 14.0. The predicted molar refractivity (Wildman–Crippen MR) is 110 cm³/mol. The number of hydrogen-bond acceptors (Lipinski definition) is 5. The van der Waals surface area contributed by atoms with Gasteiger partial charge in [0.05, 0.1) is 18.8 Å². The molecular formula is C23H35F2NO4. The Morgan fingerprint density at radius 1 is 1.13 bits per heavy atom. The first kappa shape index (κ1) is 23.4. The molecule has 1 saturated carbocycles. The van der Waals surface area contributed by atoms with Gasteiger partial charge in [0.2, 0.25) is 0 Å². The Hall–Kier alpha value is -1.28. The number of aliphatic hydroxyl groups is 2. The maximum Gasteiger partial charge on any atom is 0.162 e. The van der Waals surface area contributed by atoms with Crippen molar-refractivity contribution in [2.75, 3.05) is 39.5 Å². The molecule has 0 aromatic heterocycles. The van der Waals surface area contributed by atoms with E-state index in [2.05, 4.69) is 20.8 Å². The molecule has 1 aromatic rings. The molecule has 170 valence electrons. The number of rotatable bonds is 5. The van der Waals surface area contributed by atoms with Gasteiger partial charge in [0, 0.05) is 25.7 Å². The topological polar surface area (TPSA) is 62.2 Å². The lowest BCUT2D eigenvalue weighted by molar-refractivity contribution is -0.0808. The third-order valence-electron chi connectivity index (χ3n) is 6.50. The molecule has 1 aliphatic carbocycles. The molecule has 2 fully saturated rings. The number of nitrogens with zero attached hydrogens (tertiary/aromatic N) is 1. The van der Waals surface area contributed by atoms with E-state index in [1.165, 1.54) is 6.07 Å². The lowest BCUT2D eigenvalue weighted by atomic mass is 9.68. The van der Waals surface area contributed by atoms with Crippen molar-refractivity contribution in [3.8, 4) is 5.75 Å². The van der Waals surface area contributed by atoms with E-state index in [4.69, 9.17) is 9.47 Å². The maximum atomic E-state index is 13.4. The summed E-state index contributed by atoms with van der Waals surface area (Å²) in [6.45, 7) is 8.54. The van der Waals surface area contributed by atoms with E-state index >= 15 is 0 Å². The van der Waals surface area contributed by atoms with Gasteiger partial charge in [0.25, 0.3) is 0 Å². The third kappa shape index (κ3) is 6.13. The number of halogens is 2. The van der Waals surface area contributed by atoms with Gasteiger partial charge in [-0.3, -0.25) is 4.90 Å². The smallest absolute Gasteiger partial charge is 0.162 e. The minimum absolute atomic E-state index is 0.0811. The molecular weight excluding hydrogens is 392 g/mol. The van der Waals surface area contributed by atoms with E-state index in [-0.39, 0.29) is 30.9 Å². The van der Waals surface area contributed by atoms with Gasteiger partial charge >= 0.3 is 0 Å². The molecule has 1 atom stereocenters. The van der Waals surface area contributed by atoms with Crippen LogP contribution in [0.15, 0.2) is 18.2 Å². The van der Waals surface area contributed by atoms with Crippen LogP contribution in [0.4, 0.5) is 8.78 Å². The fourth-order valence-electron chi connectivity index (χ4n) is 4.60. The van der Waals surface area contributed by atoms with Crippen molar-refractivity contribution in [2.24, 2.45) is 11.3 Å². The van der Waals surface area contributed by atoms with Gasteiger partial charge in [-0.1, -0.05) is 20.8 Å². The summed E-state index contributed by atoms with van der Waals surface area (Å²) < 4.78 is 37.6. The Labute approximate surface area is 178 Å². The van der Waals surface area contributed by atoms with Crippen LogP contribution < -0.4 is 4.74 Å². The Morgan fingerprint density at radius 3 is 2.47 bits per heavy atom. The summed E-state index contributed by atoms with van der Waals surface area (Å²) in [4.78, 5) is 2.03. The van der Waals surface area contributed by atoms with Crippen LogP contribution in [0.25, 0.3) is 0 Å². The van der Waals surface area contributed by atoms with Gasteiger partial charge in [-0.05, 0) is 49.1 Å². The van der Waals surface area contributed by atoms with Gasteiger partial charge in [-0.2, -0.15) is 0 Å². The normalized spacial score (nSPS) is 31.4. The molecule has 3 rings (SSSR count). The average molecular weight is 428 g/mol. The zero-order chi connectivity index (χ0) is 22.0. The van der Waals surface area contributed by atoms with E-state index in [1.54, 1.807) is 0 Å². The third-order valence-corrected chi connectivity index (χ3v) is 6.50. The standard InChI is InChI=1S/C23H35F2NO4/c1-21(2,3)17-6-8-22(27,9-7-17)13-26-10-11-29-15-23(28,14-26)16-30-18-4-5-19(24)20(25)12-18/h4-5,12,17,27-28H,6-11,13-16H2,1-3H3/t17?,22?,23-/m0/s1. The second kappa shape index (κ2) is 9.07. The van der Waals surface area contributed by atoms with Crippen LogP contribution in [0, 0.1) is 23.0 Å². The summed E-state index contributed by atoms with van der Waals surface area (Å²) in [7, 11) is 0. The Morgan fingerprint density at radius 2 is 1.83 bits per heavy atom. The molecule has 2 N–H and O–H groups in total. The lowest BCUT2D eigenvalue weighted by Gasteiger charge is -2.43. The largest absolute Gasteiger partial charge is 0.490 e. The molecule has 5 nitrogen and oxygen atoms in total. The highest BCUT2D eigenvalue weighted by Crippen LogP contribution is 2.41. The van der Waals surface area contributed by atoms with Crippen molar-refractivity contribution in [1.82, 2.24) is 4.90 Å². The van der Waals surface area contributed by atoms with Crippen molar-refractivity contribution in [1.29, 1.82) is 0 Å². The summed E-state index contributed by atoms with van der Waals surface area (Å²) >= 11 is 0. The van der Waals surface area contributed by atoms with Crippen molar-refractivity contribution in [2.45, 2.75) is 57.7 Å². The van der Waals surface area contributed by atoms with Crippen LogP contribution >= 0.6 is 0 Å². The van der Waals surface area contributed by atoms with Gasteiger partial charge in [-0.25, -0.2) is 8.78 Å². The Kier molecular flexibility index (Phi) is 7.07. The molecule has 30 heavy (non-hydrogen) atoms. The van der Waals surface area contributed by atoms with E-state index in [0.717, 1.165) is 37.8 Å². The second-order valence-corrected chi connectivity index (χ2v) is 10.2. The minimum Gasteiger partial charge on any atom is -0.490 e. The summed E-state index contributed by atoms with van der Waals surface area (Å²) in [5.74, 6) is -1.19. The lowest BCUT2D eigenvalue weighted by Crippen LogP contribution is -2.53. The molecule has 1 saturated heterocycles. The van der Waals surface area contributed by atoms with Gasteiger partial charge in [0.1, 0.15) is 18.0 Å². The zero-order valence-electron chi connectivity index (χ0n) is 18.3. The monoisotopic (exact) mass is 427 g/mol. The zero-order valence-corrected chi connectivity index (χ0v) is 18.3. The SMILES string of the molecule is CC(C)(C)C1CCC(O)(CN2CCOC[C@](O)(COc3ccc(F)c(F)c3)C2)CC1. The van der Waals surface area contributed by atoms with E-state index < -0.39 is 22.8 Å². The van der Waals surface area contributed by atoms with Crippen molar-refractivity contribution in [3.63, 3.8) is 0 Å². The molecule has 0 unspecified atom stereocenters. The van der Waals surface area contributed by atoms with E-state index in [0.29, 0.717) is 25.6 Å². The second-order valence-electron chi connectivity index (χ2n) is 10.2. The molecule has 0 radical (unpaired) electrons. The van der Waals surface area contributed by atoms with Crippen LogP contribution in [0.3, 0.4) is 0 Å². The number of β-amino-alcohol motifs (C(OH)–C–C–N with tert-alkyl or cyclic N) is 2. The van der Waals surface area contributed by atoms with Gasteiger partial charge in [0.15, 0.2) is 11.6 Å². The first-order valence-electron chi connectivity index (χ1n) is 10.8. The summed E-state index contributed by atoms with van der Waals surface area (Å²) in [5.41, 5.74) is -1.83. The van der Waals surface area contributed by atoms with E-state index in [1.807, 2.05) is 4.90 Å². The van der Waals surface area contributed by atoms with Crippen LogP contribution in [0.1, 0.15) is 46.5 Å². The van der Waals surface area contributed by atoms with Crippen LogP contribution in [-0.2, 0) is 4.74 Å². The molecule has 0 spiro atoms. The molecule has 1 aromatic carbocycles. The van der Waals surface area contributed by atoms with Gasteiger partial charge in [-0.15, -0.1) is 0 Å². The predicted octanol–water partition coefficient (Wildman–Crippen LogP) is 3.37.